The van der Waals surface area contributed by atoms with Gasteiger partial charge >= 0.3 is 0 Å². The highest BCUT2D eigenvalue weighted by atomic mass is 127. The van der Waals surface area contributed by atoms with Gasteiger partial charge in [0.05, 0.1) is 0 Å². The fourth-order valence-electron chi connectivity index (χ4n) is 1.91. The molecule has 1 heterocycles. The van der Waals surface area contributed by atoms with Crippen molar-refractivity contribution in [3.05, 3.63) is 30.1 Å². The van der Waals surface area contributed by atoms with E-state index in [2.05, 4.69) is 15.3 Å². The van der Waals surface area contributed by atoms with Crippen LogP contribution in [0.5, 0.6) is 0 Å². The van der Waals surface area contributed by atoms with E-state index in [0.717, 1.165) is 37.5 Å². The van der Waals surface area contributed by atoms with Crippen LogP contribution in [0.2, 0.25) is 0 Å². The summed E-state index contributed by atoms with van der Waals surface area (Å²) in [7, 11) is 0. The number of aliphatic imine (C=N–C) groups is 1. The lowest BCUT2D eigenvalue weighted by atomic mass is 10.2. The zero-order valence-electron chi connectivity index (χ0n) is 11.2. The molecular formula is C14H23IN4. The van der Waals surface area contributed by atoms with Crippen molar-refractivity contribution in [3.8, 4) is 0 Å². The van der Waals surface area contributed by atoms with Gasteiger partial charge in [0.2, 0.25) is 0 Å². The number of nitrogens with one attached hydrogen (secondary N) is 1. The highest BCUT2D eigenvalue weighted by Gasteiger charge is 2.19. The second kappa shape index (κ2) is 9.12. The third-order valence-corrected chi connectivity index (χ3v) is 3.16. The fourth-order valence-corrected chi connectivity index (χ4v) is 1.91. The summed E-state index contributed by atoms with van der Waals surface area (Å²) in [4.78, 5) is 8.57. The summed E-state index contributed by atoms with van der Waals surface area (Å²) >= 11 is 0. The molecule has 1 aromatic rings. The first-order valence-electron chi connectivity index (χ1n) is 6.78. The zero-order chi connectivity index (χ0) is 12.6. The van der Waals surface area contributed by atoms with Crippen molar-refractivity contribution < 1.29 is 0 Å². The van der Waals surface area contributed by atoms with Gasteiger partial charge in [-0.25, -0.2) is 0 Å². The largest absolute Gasteiger partial charge is 0.370 e. The predicted octanol–water partition coefficient (Wildman–Crippen LogP) is 2.34. The van der Waals surface area contributed by atoms with Crippen LogP contribution in [0.15, 0.2) is 29.4 Å². The first-order valence-corrected chi connectivity index (χ1v) is 6.78. The van der Waals surface area contributed by atoms with Crippen LogP contribution in [0, 0.1) is 5.92 Å². The van der Waals surface area contributed by atoms with Gasteiger partial charge in [0.1, 0.15) is 0 Å². The maximum absolute atomic E-state index is 5.79. The van der Waals surface area contributed by atoms with Crippen LogP contribution >= 0.6 is 24.0 Å². The Morgan fingerprint density at radius 2 is 2.26 bits per heavy atom. The molecule has 1 aliphatic rings. The number of aromatic nitrogens is 1. The number of hydrogen-bond donors (Lipinski definition) is 2. The minimum absolute atomic E-state index is 0. The van der Waals surface area contributed by atoms with Crippen LogP contribution in [0.25, 0.3) is 0 Å². The van der Waals surface area contributed by atoms with Gasteiger partial charge in [0.15, 0.2) is 5.96 Å². The van der Waals surface area contributed by atoms with Crippen LogP contribution in [-0.2, 0) is 6.42 Å². The first-order chi connectivity index (χ1) is 8.84. The van der Waals surface area contributed by atoms with Crippen LogP contribution in [0.1, 0.15) is 31.4 Å². The molecule has 4 nitrogen and oxygen atoms in total. The first kappa shape index (κ1) is 16.2. The monoisotopic (exact) mass is 374 g/mol. The Kier molecular flexibility index (Phi) is 7.78. The Balaban J connectivity index is 0.00000180. The molecule has 1 fully saturated rings. The van der Waals surface area contributed by atoms with E-state index in [4.69, 9.17) is 5.73 Å². The van der Waals surface area contributed by atoms with Crippen molar-refractivity contribution in [2.75, 3.05) is 13.1 Å². The molecule has 0 saturated heterocycles. The minimum Gasteiger partial charge on any atom is -0.370 e. The average molecular weight is 374 g/mol. The van der Waals surface area contributed by atoms with Gasteiger partial charge in [-0.05, 0) is 30.9 Å². The van der Waals surface area contributed by atoms with Crippen LogP contribution in [0.4, 0.5) is 0 Å². The maximum Gasteiger partial charge on any atom is 0.188 e. The van der Waals surface area contributed by atoms with Crippen molar-refractivity contribution in [2.24, 2.45) is 16.6 Å². The van der Waals surface area contributed by atoms with Crippen LogP contribution in [0.3, 0.4) is 0 Å². The molecule has 3 N–H and O–H groups in total. The molecule has 1 saturated carbocycles. The molecule has 0 aliphatic heterocycles. The lowest BCUT2D eigenvalue weighted by Crippen LogP contribution is -2.33. The SMILES string of the molecule is I.NC(=NCCCC1CC1)NCCc1ccccn1. The van der Waals surface area contributed by atoms with Crippen molar-refractivity contribution in [2.45, 2.75) is 32.1 Å². The molecule has 2 rings (SSSR count). The topological polar surface area (TPSA) is 63.3 Å². The van der Waals surface area contributed by atoms with Gasteiger partial charge in [-0.15, -0.1) is 24.0 Å². The van der Waals surface area contributed by atoms with E-state index < -0.39 is 0 Å². The van der Waals surface area contributed by atoms with Crippen LogP contribution in [-0.4, -0.2) is 24.0 Å². The van der Waals surface area contributed by atoms with E-state index >= 15 is 0 Å². The standard InChI is InChI=1S/C14H22N4.HI/c15-14(17-10-3-4-12-6-7-12)18-11-8-13-5-1-2-9-16-13;/h1-2,5,9,12H,3-4,6-8,10-11H2,(H3,15,17,18);1H. The summed E-state index contributed by atoms with van der Waals surface area (Å²) < 4.78 is 0. The van der Waals surface area contributed by atoms with E-state index in [1.54, 1.807) is 0 Å². The second-order valence-electron chi connectivity index (χ2n) is 4.85. The number of nitrogens with zero attached hydrogens (tertiary/aromatic N) is 2. The molecular weight excluding hydrogens is 351 g/mol. The molecule has 0 spiro atoms. The van der Waals surface area contributed by atoms with Crippen molar-refractivity contribution >= 4 is 29.9 Å². The summed E-state index contributed by atoms with van der Waals surface area (Å²) in [5.74, 6) is 1.54. The number of rotatable bonds is 7. The summed E-state index contributed by atoms with van der Waals surface area (Å²) in [6.45, 7) is 1.63. The van der Waals surface area contributed by atoms with Crippen molar-refractivity contribution in [3.63, 3.8) is 0 Å². The molecule has 106 valence electrons. The normalized spacial score (nSPS) is 14.8. The second-order valence-corrected chi connectivity index (χ2v) is 4.85. The van der Waals surface area contributed by atoms with Crippen LogP contribution < -0.4 is 11.1 Å². The number of pyridine rings is 1. The number of guanidine groups is 1. The molecule has 0 unspecified atom stereocenters. The summed E-state index contributed by atoms with van der Waals surface area (Å²) in [5, 5.41) is 3.12. The van der Waals surface area contributed by atoms with Crippen molar-refractivity contribution in [1.29, 1.82) is 0 Å². The fraction of sp³-hybridized carbons (Fsp3) is 0.571. The van der Waals surface area contributed by atoms with E-state index in [-0.39, 0.29) is 24.0 Å². The molecule has 5 heteroatoms. The molecule has 0 bridgehead atoms. The Morgan fingerprint density at radius 3 is 2.95 bits per heavy atom. The van der Waals surface area contributed by atoms with Gasteiger partial charge in [0.25, 0.3) is 0 Å². The molecule has 0 atom stereocenters. The number of halogens is 1. The molecule has 1 aliphatic carbocycles. The number of nitrogens with two attached hydrogens (primary N) is 1. The lowest BCUT2D eigenvalue weighted by molar-refractivity contribution is 0.673. The highest BCUT2D eigenvalue weighted by molar-refractivity contribution is 14.0. The molecule has 0 aromatic carbocycles. The summed E-state index contributed by atoms with van der Waals surface area (Å²) in [6.07, 6.45) is 7.99. The number of hydrogen-bond acceptors (Lipinski definition) is 2. The Labute approximate surface area is 132 Å². The third-order valence-electron chi connectivity index (χ3n) is 3.16. The summed E-state index contributed by atoms with van der Waals surface area (Å²) in [6, 6.07) is 5.94. The van der Waals surface area contributed by atoms with E-state index in [9.17, 15) is 0 Å². The lowest BCUT2D eigenvalue weighted by Gasteiger charge is -2.05. The zero-order valence-corrected chi connectivity index (χ0v) is 13.5. The quantitative estimate of drug-likeness (QED) is 0.333. The minimum atomic E-state index is 0. The molecule has 0 radical (unpaired) electrons. The van der Waals surface area contributed by atoms with Gasteiger partial charge in [-0.1, -0.05) is 18.9 Å². The average Bonchev–Trinajstić information content (AvgIpc) is 3.20. The van der Waals surface area contributed by atoms with Gasteiger partial charge in [0, 0.05) is 31.4 Å². The molecule has 19 heavy (non-hydrogen) atoms. The molecule has 0 amide bonds. The van der Waals surface area contributed by atoms with E-state index in [0.29, 0.717) is 5.96 Å². The summed E-state index contributed by atoms with van der Waals surface area (Å²) in [5.41, 5.74) is 6.86. The smallest absolute Gasteiger partial charge is 0.188 e. The van der Waals surface area contributed by atoms with Gasteiger partial charge in [-0.2, -0.15) is 0 Å². The van der Waals surface area contributed by atoms with Crippen molar-refractivity contribution in [1.82, 2.24) is 10.3 Å². The van der Waals surface area contributed by atoms with E-state index in [1.807, 2.05) is 24.4 Å². The maximum atomic E-state index is 5.79. The Hall–Kier alpha value is -0.850. The predicted molar refractivity (Wildman–Crippen MR) is 89.8 cm³/mol. The Morgan fingerprint density at radius 1 is 1.42 bits per heavy atom. The van der Waals surface area contributed by atoms with E-state index in [1.165, 1.54) is 19.3 Å². The van der Waals surface area contributed by atoms with Gasteiger partial charge < -0.3 is 11.1 Å². The highest BCUT2D eigenvalue weighted by Crippen LogP contribution is 2.33. The molecule has 1 aromatic heterocycles. The Bertz CT molecular complexity index is 376. The third kappa shape index (κ3) is 7.34. The van der Waals surface area contributed by atoms with Gasteiger partial charge in [-0.3, -0.25) is 9.98 Å².